The van der Waals surface area contributed by atoms with Crippen LogP contribution in [0.3, 0.4) is 0 Å². The third-order valence-corrected chi connectivity index (χ3v) is 4.57. The Morgan fingerprint density at radius 3 is 2.67 bits per heavy atom. The second kappa shape index (κ2) is 5.10. The third kappa shape index (κ3) is 2.41. The zero-order chi connectivity index (χ0) is 11.5. The van der Waals surface area contributed by atoms with E-state index < -0.39 is 0 Å². The van der Waals surface area contributed by atoms with Gasteiger partial charge in [0.25, 0.3) is 0 Å². The summed E-state index contributed by atoms with van der Waals surface area (Å²) in [5.41, 5.74) is 7.40. The minimum atomic E-state index is -0.0816. The summed E-state index contributed by atoms with van der Waals surface area (Å²) < 4.78 is 0. The van der Waals surface area contributed by atoms with Gasteiger partial charge < -0.3 is 10.8 Å². The van der Waals surface area contributed by atoms with Crippen LogP contribution in [0.4, 0.5) is 0 Å². The molecule has 0 aliphatic carbocycles. The molecule has 3 N–H and O–H groups in total. The van der Waals surface area contributed by atoms with Gasteiger partial charge in [-0.3, -0.25) is 0 Å². The van der Waals surface area contributed by atoms with Gasteiger partial charge in [-0.25, -0.2) is 0 Å². The van der Waals surface area contributed by atoms with Gasteiger partial charge in [0, 0.05) is 22.9 Å². The molecule has 1 heterocycles. The van der Waals surface area contributed by atoms with E-state index in [2.05, 4.69) is 32.2 Å². The molecule has 0 amide bonds. The summed E-state index contributed by atoms with van der Waals surface area (Å²) in [6, 6.07) is 2.24. The predicted molar refractivity (Wildman–Crippen MR) is 66.4 cm³/mol. The first-order valence-electron chi connectivity index (χ1n) is 5.47. The molecule has 1 aromatic heterocycles. The fourth-order valence-corrected chi connectivity index (χ4v) is 3.29. The Morgan fingerprint density at radius 1 is 1.60 bits per heavy atom. The van der Waals surface area contributed by atoms with Crippen LogP contribution in [-0.2, 0) is 5.41 Å². The highest BCUT2D eigenvalue weighted by Crippen LogP contribution is 2.37. The van der Waals surface area contributed by atoms with Gasteiger partial charge in [0.15, 0.2) is 0 Å². The second-order valence-electron chi connectivity index (χ2n) is 4.34. The van der Waals surface area contributed by atoms with Gasteiger partial charge in [-0.15, -0.1) is 11.3 Å². The Hall–Kier alpha value is -0.380. The molecule has 1 aromatic rings. The molecule has 0 saturated carbocycles. The molecular weight excluding hydrogens is 206 g/mol. The third-order valence-electron chi connectivity index (χ3n) is 3.27. The van der Waals surface area contributed by atoms with E-state index in [-0.39, 0.29) is 18.1 Å². The molecule has 0 saturated heterocycles. The van der Waals surface area contributed by atoms with Crippen LogP contribution in [0.25, 0.3) is 0 Å². The van der Waals surface area contributed by atoms with Crippen LogP contribution < -0.4 is 5.73 Å². The van der Waals surface area contributed by atoms with Gasteiger partial charge in [-0.2, -0.15) is 0 Å². The number of aliphatic hydroxyl groups excluding tert-OH is 1. The Bertz CT molecular complexity index is 310. The molecule has 1 rings (SSSR count). The normalized spacial score (nSPS) is 17.4. The highest BCUT2D eigenvalue weighted by atomic mass is 32.1. The van der Waals surface area contributed by atoms with Gasteiger partial charge in [0.1, 0.15) is 0 Å². The smallest absolute Gasteiger partial charge is 0.0440 e. The zero-order valence-corrected chi connectivity index (χ0v) is 10.6. The summed E-state index contributed by atoms with van der Waals surface area (Å²) in [7, 11) is 0. The lowest BCUT2D eigenvalue weighted by Gasteiger charge is -2.34. The van der Waals surface area contributed by atoms with E-state index in [1.165, 1.54) is 10.4 Å². The second-order valence-corrected chi connectivity index (χ2v) is 5.25. The lowest BCUT2D eigenvalue weighted by molar-refractivity contribution is 0.225. The summed E-state index contributed by atoms with van der Waals surface area (Å²) in [6.07, 6.45) is 1.68. The van der Waals surface area contributed by atoms with Gasteiger partial charge in [0.2, 0.25) is 0 Å². The molecule has 2 nitrogen and oxygen atoms in total. The van der Waals surface area contributed by atoms with Crippen molar-refractivity contribution >= 4 is 11.3 Å². The monoisotopic (exact) mass is 227 g/mol. The summed E-state index contributed by atoms with van der Waals surface area (Å²) in [5, 5.41) is 11.3. The van der Waals surface area contributed by atoms with E-state index >= 15 is 0 Å². The number of thiophene rings is 1. The number of hydrogen-bond donors (Lipinski definition) is 2. The average molecular weight is 227 g/mol. The molecule has 0 bridgehead atoms. The van der Waals surface area contributed by atoms with Crippen LogP contribution in [0.2, 0.25) is 0 Å². The maximum atomic E-state index is 9.19. The Labute approximate surface area is 96.1 Å². The Kier molecular flexibility index (Phi) is 4.32. The van der Waals surface area contributed by atoms with Crippen molar-refractivity contribution in [2.24, 2.45) is 5.73 Å². The van der Waals surface area contributed by atoms with Crippen molar-refractivity contribution in [3.63, 3.8) is 0 Å². The fraction of sp³-hybridized carbons (Fsp3) is 0.667. The van der Waals surface area contributed by atoms with Crippen LogP contribution >= 0.6 is 11.3 Å². The topological polar surface area (TPSA) is 46.2 Å². The number of hydrogen-bond acceptors (Lipinski definition) is 3. The molecule has 0 aliphatic rings. The highest BCUT2D eigenvalue weighted by Gasteiger charge is 2.34. The van der Waals surface area contributed by atoms with Gasteiger partial charge in [-0.05, 0) is 36.8 Å². The maximum Gasteiger partial charge on any atom is 0.0440 e. The molecule has 0 fully saturated rings. The van der Waals surface area contributed by atoms with Crippen LogP contribution in [0, 0.1) is 6.92 Å². The summed E-state index contributed by atoms with van der Waals surface area (Å²) in [4.78, 5) is 1.32. The van der Waals surface area contributed by atoms with E-state index in [0.717, 1.165) is 12.8 Å². The summed E-state index contributed by atoms with van der Waals surface area (Å²) in [5.74, 6) is 0. The van der Waals surface area contributed by atoms with Gasteiger partial charge in [0.05, 0.1) is 0 Å². The van der Waals surface area contributed by atoms with E-state index in [9.17, 15) is 5.11 Å². The largest absolute Gasteiger partial charge is 0.396 e. The van der Waals surface area contributed by atoms with Crippen molar-refractivity contribution in [3.8, 4) is 0 Å². The maximum absolute atomic E-state index is 9.19. The summed E-state index contributed by atoms with van der Waals surface area (Å²) in [6.45, 7) is 6.57. The first kappa shape index (κ1) is 12.7. The summed E-state index contributed by atoms with van der Waals surface area (Å²) >= 11 is 1.75. The van der Waals surface area contributed by atoms with Crippen molar-refractivity contribution in [1.82, 2.24) is 0 Å². The number of rotatable bonds is 5. The lowest BCUT2D eigenvalue weighted by atomic mass is 9.76. The van der Waals surface area contributed by atoms with E-state index in [1.807, 2.05) is 0 Å². The van der Waals surface area contributed by atoms with Crippen LogP contribution in [-0.4, -0.2) is 17.8 Å². The van der Waals surface area contributed by atoms with E-state index in [4.69, 9.17) is 5.73 Å². The van der Waals surface area contributed by atoms with E-state index in [0.29, 0.717) is 0 Å². The molecular formula is C12H21NOS. The molecule has 15 heavy (non-hydrogen) atoms. The van der Waals surface area contributed by atoms with Crippen LogP contribution in [0.15, 0.2) is 11.4 Å². The standard InChI is InChI=1S/C12H21NOS/c1-4-10(13)12(3,6-7-14)11-9(2)5-8-15-11/h5,8,10,14H,4,6-7,13H2,1-3H3. The molecule has 0 spiro atoms. The quantitative estimate of drug-likeness (QED) is 0.811. The molecule has 3 heteroatoms. The minimum absolute atomic E-state index is 0.0816. The number of aryl methyl sites for hydroxylation is 1. The molecule has 0 aliphatic heterocycles. The van der Waals surface area contributed by atoms with Crippen molar-refractivity contribution in [2.45, 2.75) is 45.1 Å². The van der Waals surface area contributed by atoms with Crippen LogP contribution in [0.5, 0.6) is 0 Å². The molecule has 86 valence electrons. The molecule has 0 aromatic carbocycles. The van der Waals surface area contributed by atoms with Gasteiger partial charge in [-0.1, -0.05) is 13.8 Å². The van der Waals surface area contributed by atoms with Crippen molar-refractivity contribution in [3.05, 3.63) is 21.9 Å². The predicted octanol–water partition coefficient (Wildman–Crippen LogP) is 2.43. The Balaban J connectivity index is 3.06. The molecule has 2 atom stereocenters. The van der Waals surface area contributed by atoms with Crippen molar-refractivity contribution < 1.29 is 5.11 Å². The van der Waals surface area contributed by atoms with Crippen molar-refractivity contribution in [1.29, 1.82) is 0 Å². The first-order valence-corrected chi connectivity index (χ1v) is 6.35. The average Bonchev–Trinajstić information content (AvgIpc) is 2.64. The molecule has 0 radical (unpaired) electrons. The van der Waals surface area contributed by atoms with Crippen LogP contribution in [0.1, 0.15) is 37.1 Å². The number of nitrogens with two attached hydrogens (primary N) is 1. The SMILES string of the molecule is CCC(N)C(C)(CCO)c1sccc1C. The lowest BCUT2D eigenvalue weighted by Crippen LogP contribution is -2.43. The zero-order valence-electron chi connectivity index (χ0n) is 9.79. The Morgan fingerprint density at radius 2 is 2.27 bits per heavy atom. The fourth-order valence-electron chi connectivity index (χ4n) is 2.11. The highest BCUT2D eigenvalue weighted by molar-refractivity contribution is 7.10. The molecule has 2 unspecified atom stereocenters. The first-order chi connectivity index (χ1) is 7.06. The van der Waals surface area contributed by atoms with E-state index in [1.54, 1.807) is 11.3 Å². The van der Waals surface area contributed by atoms with Crippen molar-refractivity contribution in [2.75, 3.05) is 6.61 Å². The number of aliphatic hydroxyl groups is 1. The van der Waals surface area contributed by atoms with Gasteiger partial charge >= 0.3 is 0 Å². The minimum Gasteiger partial charge on any atom is -0.396 e.